The maximum atomic E-state index is 12.9. The fourth-order valence-corrected chi connectivity index (χ4v) is 3.99. The lowest BCUT2D eigenvalue weighted by atomic mass is 10.1. The number of fused-ring (bicyclic) bond motifs is 1. The first-order valence-electron chi connectivity index (χ1n) is 9.47. The van der Waals surface area contributed by atoms with Crippen LogP contribution in [0, 0.1) is 5.92 Å². The van der Waals surface area contributed by atoms with E-state index in [0.29, 0.717) is 5.02 Å². The molecule has 29 heavy (non-hydrogen) atoms. The molecule has 2 aromatic heterocycles. The first-order chi connectivity index (χ1) is 13.9. The van der Waals surface area contributed by atoms with E-state index in [1.807, 2.05) is 6.07 Å². The molecule has 8 heteroatoms. The molecule has 7 nitrogen and oxygen atoms in total. The zero-order chi connectivity index (χ0) is 20.5. The first-order valence-corrected chi connectivity index (χ1v) is 9.84. The second-order valence-corrected chi connectivity index (χ2v) is 7.74. The van der Waals surface area contributed by atoms with Gasteiger partial charge in [-0.1, -0.05) is 36.6 Å². The zero-order valence-electron chi connectivity index (χ0n) is 15.6. The lowest BCUT2D eigenvalue weighted by molar-refractivity contribution is -0.119. The Morgan fingerprint density at radius 3 is 2.69 bits per heavy atom. The normalized spacial score (nSPS) is 14.4. The van der Waals surface area contributed by atoms with Crippen LogP contribution in [0.5, 0.6) is 5.75 Å². The predicted molar refractivity (Wildman–Crippen MR) is 111 cm³/mol. The van der Waals surface area contributed by atoms with Crippen LogP contribution >= 0.6 is 11.6 Å². The van der Waals surface area contributed by atoms with Crippen LogP contribution in [0.1, 0.15) is 31.2 Å². The number of halogens is 1. The fourth-order valence-electron chi connectivity index (χ4n) is 3.77. The third kappa shape index (κ3) is 3.78. The van der Waals surface area contributed by atoms with Crippen LogP contribution in [-0.4, -0.2) is 20.0 Å². The molecular weight excluding hydrogens is 394 g/mol. The Labute approximate surface area is 171 Å². The molecule has 2 N–H and O–H groups in total. The molecule has 0 radical (unpaired) electrons. The molecule has 150 valence electrons. The highest BCUT2D eigenvalue weighted by molar-refractivity contribution is 6.30. The van der Waals surface area contributed by atoms with E-state index in [1.165, 1.54) is 15.2 Å². The summed E-state index contributed by atoms with van der Waals surface area (Å²) in [6.07, 6.45) is 8.06. The number of aromatic nitrogens is 2. The maximum Gasteiger partial charge on any atom is 0.279 e. The number of hydrogen-bond acceptors (Lipinski definition) is 4. The van der Waals surface area contributed by atoms with Crippen molar-refractivity contribution in [2.24, 2.45) is 5.92 Å². The average Bonchev–Trinajstić information content (AvgIpc) is 3.23. The summed E-state index contributed by atoms with van der Waals surface area (Å²) >= 11 is 5.99. The lowest BCUT2D eigenvalue weighted by Crippen LogP contribution is -2.27. The topological polar surface area (TPSA) is 92.8 Å². The number of nitrogens with zero attached hydrogens (tertiary/aromatic N) is 2. The van der Waals surface area contributed by atoms with Crippen molar-refractivity contribution in [2.75, 3.05) is 5.32 Å². The standard InChI is InChI=1S/C21H20ClN3O4/c22-15-7-3-4-13(10-15)11-25-9-8-24-12-16(18(26)19(27)17(24)21(25)29)23-20(28)14-5-1-2-6-14/h3-4,7-10,12,14,27H,1-2,5-6,11H2,(H,23,28). The molecule has 1 aliphatic rings. The van der Waals surface area contributed by atoms with Crippen LogP contribution in [0.2, 0.25) is 5.02 Å². The minimum absolute atomic E-state index is 0.0381. The minimum Gasteiger partial charge on any atom is -0.502 e. The summed E-state index contributed by atoms with van der Waals surface area (Å²) in [5.41, 5.74) is -0.654. The molecule has 0 aliphatic heterocycles. The number of benzene rings is 1. The molecule has 0 bridgehead atoms. The van der Waals surface area contributed by atoms with Gasteiger partial charge in [0.05, 0.1) is 6.54 Å². The molecule has 1 aliphatic carbocycles. The van der Waals surface area contributed by atoms with Gasteiger partial charge in [0.25, 0.3) is 5.56 Å². The predicted octanol–water partition coefficient (Wildman–Crippen LogP) is 3.00. The summed E-state index contributed by atoms with van der Waals surface area (Å²) in [5, 5.41) is 13.6. The average molecular weight is 414 g/mol. The Bertz CT molecular complexity index is 1210. The molecular formula is C21H20ClN3O4. The van der Waals surface area contributed by atoms with Gasteiger partial charge in [0.2, 0.25) is 11.3 Å². The largest absolute Gasteiger partial charge is 0.502 e. The van der Waals surface area contributed by atoms with Gasteiger partial charge in [0.1, 0.15) is 5.69 Å². The smallest absolute Gasteiger partial charge is 0.279 e. The number of aromatic hydroxyl groups is 1. The van der Waals surface area contributed by atoms with E-state index in [-0.39, 0.29) is 29.6 Å². The summed E-state index contributed by atoms with van der Waals surface area (Å²) in [7, 11) is 0. The number of carbonyl (C=O) groups is 1. The van der Waals surface area contributed by atoms with Crippen molar-refractivity contribution in [3.63, 3.8) is 0 Å². The van der Waals surface area contributed by atoms with Gasteiger partial charge in [0, 0.05) is 29.5 Å². The molecule has 1 saturated carbocycles. The Morgan fingerprint density at radius 2 is 1.97 bits per heavy atom. The fraction of sp³-hybridized carbons (Fsp3) is 0.286. The highest BCUT2D eigenvalue weighted by Gasteiger charge is 2.24. The van der Waals surface area contributed by atoms with Gasteiger partial charge in [-0.15, -0.1) is 0 Å². The Kier molecular flexibility index (Phi) is 5.15. The van der Waals surface area contributed by atoms with E-state index in [1.54, 1.807) is 30.6 Å². The van der Waals surface area contributed by atoms with Gasteiger partial charge < -0.3 is 19.4 Å². The lowest BCUT2D eigenvalue weighted by Gasteiger charge is -2.13. The maximum absolute atomic E-state index is 12.9. The van der Waals surface area contributed by atoms with Crippen molar-refractivity contribution in [1.82, 2.24) is 8.97 Å². The van der Waals surface area contributed by atoms with Crippen LogP contribution in [0.25, 0.3) is 5.52 Å². The molecule has 0 atom stereocenters. The molecule has 4 rings (SSSR count). The van der Waals surface area contributed by atoms with Gasteiger partial charge in [-0.25, -0.2) is 0 Å². The Morgan fingerprint density at radius 1 is 1.21 bits per heavy atom. The van der Waals surface area contributed by atoms with Crippen LogP contribution < -0.4 is 16.3 Å². The SMILES string of the molecule is O=C(Nc1cn2ccn(Cc3cccc(Cl)c3)c(=O)c2c(O)c1=O)C1CCCC1. The molecule has 2 heterocycles. The van der Waals surface area contributed by atoms with E-state index in [2.05, 4.69) is 5.32 Å². The zero-order valence-corrected chi connectivity index (χ0v) is 16.4. The Balaban J connectivity index is 1.71. The third-order valence-electron chi connectivity index (χ3n) is 5.31. The van der Waals surface area contributed by atoms with E-state index in [0.717, 1.165) is 31.2 Å². The van der Waals surface area contributed by atoms with Gasteiger partial charge in [0.15, 0.2) is 11.3 Å². The summed E-state index contributed by atoms with van der Waals surface area (Å²) in [6, 6.07) is 7.09. The van der Waals surface area contributed by atoms with E-state index < -0.39 is 16.7 Å². The number of hydrogen-bond donors (Lipinski definition) is 2. The molecule has 1 fully saturated rings. The number of pyridine rings is 1. The first kappa shape index (κ1) is 19.3. The van der Waals surface area contributed by atoms with Crippen LogP contribution in [0.3, 0.4) is 0 Å². The number of rotatable bonds is 4. The number of carbonyl (C=O) groups excluding carboxylic acids is 1. The second kappa shape index (κ2) is 7.75. The van der Waals surface area contributed by atoms with Crippen molar-refractivity contribution >= 4 is 28.7 Å². The Hall–Kier alpha value is -3.06. The van der Waals surface area contributed by atoms with Gasteiger partial charge >= 0.3 is 0 Å². The molecule has 0 saturated heterocycles. The van der Waals surface area contributed by atoms with Gasteiger partial charge in [-0.3, -0.25) is 14.4 Å². The summed E-state index contributed by atoms with van der Waals surface area (Å²) < 4.78 is 2.74. The van der Waals surface area contributed by atoms with Crippen molar-refractivity contribution < 1.29 is 9.90 Å². The number of anilines is 1. The number of amides is 1. The third-order valence-corrected chi connectivity index (χ3v) is 5.54. The van der Waals surface area contributed by atoms with E-state index in [4.69, 9.17) is 11.6 Å². The van der Waals surface area contributed by atoms with Crippen LogP contribution in [-0.2, 0) is 11.3 Å². The molecule has 0 unspecified atom stereocenters. The van der Waals surface area contributed by atoms with Gasteiger partial charge in [-0.05, 0) is 30.5 Å². The molecule has 0 spiro atoms. The van der Waals surface area contributed by atoms with Crippen molar-refractivity contribution in [3.05, 3.63) is 74.0 Å². The van der Waals surface area contributed by atoms with E-state index in [9.17, 15) is 19.5 Å². The van der Waals surface area contributed by atoms with Crippen molar-refractivity contribution in [2.45, 2.75) is 32.2 Å². The highest BCUT2D eigenvalue weighted by Crippen LogP contribution is 2.26. The molecule has 1 aromatic carbocycles. The van der Waals surface area contributed by atoms with E-state index >= 15 is 0 Å². The number of nitrogens with one attached hydrogen (secondary N) is 1. The van der Waals surface area contributed by atoms with Crippen LogP contribution in [0.4, 0.5) is 5.69 Å². The van der Waals surface area contributed by atoms with Crippen LogP contribution in [0.15, 0.2) is 52.4 Å². The highest BCUT2D eigenvalue weighted by atomic mass is 35.5. The second-order valence-electron chi connectivity index (χ2n) is 7.31. The quantitative estimate of drug-likeness (QED) is 0.687. The molecule has 1 amide bonds. The monoisotopic (exact) mass is 413 g/mol. The van der Waals surface area contributed by atoms with Gasteiger partial charge in [-0.2, -0.15) is 0 Å². The minimum atomic E-state index is -0.769. The summed E-state index contributed by atoms with van der Waals surface area (Å²) in [4.78, 5) is 37.8. The molecule has 3 aromatic rings. The summed E-state index contributed by atoms with van der Waals surface area (Å²) in [6.45, 7) is 0.240. The summed E-state index contributed by atoms with van der Waals surface area (Å²) in [5.74, 6) is -1.03. The van der Waals surface area contributed by atoms with Crippen molar-refractivity contribution in [3.8, 4) is 5.75 Å². The van der Waals surface area contributed by atoms with Crippen molar-refractivity contribution in [1.29, 1.82) is 0 Å².